The number of hydrazone groups is 1. The molecule has 0 spiro atoms. The van der Waals surface area contributed by atoms with Crippen molar-refractivity contribution in [1.82, 2.24) is 5.43 Å². The highest BCUT2D eigenvalue weighted by Gasteiger charge is 2.23. The summed E-state index contributed by atoms with van der Waals surface area (Å²) in [6, 6.07) is 0. The van der Waals surface area contributed by atoms with Gasteiger partial charge < -0.3 is 14.2 Å². The third-order valence-corrected chi connectivity index (χ3v) is 2.27. The lowest BCUT2D eigenvalue weighted by molar-refractivity contribution is -0.136. The molecule has 0 aliphatic carbocycles. The summed E-state index contributed by atoms with van der Waals surface area (Å²) in [6.45, 7) is 8.78. The number of unbranched alkanes of at least 4 members (excludes halogenated alkanes) is 1. The summed E-state index contributed by atoms with van der Waals surface area (Å²) < 4.78 is 14.9. The molecule has 0 unspecified atom stereocenters. The van der Waals surface area contributed by atoms with Crippen molar-refractivity contribution in [2.45, 2.75) is 53.1 Å². The van der Waals surface area contributed by atoms with Crippen LogP contribution in [0.1, 0.15) is 47.5 Å². The fourth-order valence-corrected chi connectivity index (χ4v) is 1.30. The standard InChI is InChI=1S/C15H26N2O6/c1-6-8-9-21-10-11(18)12(13(19)22-7-2)16-17-14(20)23-15(3,4)5/h6-10H2,1-5H3,(H,17,20)/b16-12-. The van der Waals surface area contributed by atoms with E-state index in [0.29, 0.717) is 6.61 Å². The topological polar surface area (TPSA) is 103 Å². The fourth-order valence-electron chi connectivity index (χ4n) is 1.30. The molecule has 8 nitrogen and oxygen atoms in total. The normalized spacial score (nSPS) is 11.8. The minimum absolute atomic E-state index is 0.0776. The maximum Gasteiger partial charge on any atom is 0.428 e. The molecule has 0 bridgehead atoms. The number of ketones is 1. The molecule has 0 aliphatic rings. The zero-order valence-electron chi connectivity index (χ0n) is 14.4. The number of carbonyl (C=O) groups is 3. The smallest absolute Gasteiger partial charge is 0.428 e. The predicted molar refractivity (Wildman–Crippen MR) is 84.2 cm³/mol. The third-order valence-electron chi connectivity index (χ3n) is 2.27. The van der Waals surface area contributed by atoms with E-state index < -0.39 is 29.2 Å². The fraction of sp³-hybridized carbons (Fsp3) is 0.733. The van der Waals surface area contributed by atoms with Crippen LogP contribution in [0.25, 0.3) is 0 Å². The summed E-state index contributed by atoms with van der Waals surface area (Å²) in [6.07, 6.45) is 0.849. The number of amides is 1. The van der Waals surface area contributed by atoms with Crippen molar-refractivity contribution in [3.63, 3.8) is 0 Å². The molecule has 0 aliphatic heterocycles. The highest BCUT2D eigenvalue weighted by molar-refractivity contribution is 6.64. The van der Waals surface area contributed by atoms with Gasteiger partial charge >= 0.3 is 12.1 Å². The van der Waals surface area contributed by atoms with Crippen molar-refractivity contribution in [2.24, 2.45) is 5.10 Å². The van der Waals surface area contributed by atoms with Crippen molar-refractivity contribution in [1.29, 1.82) is 0 Å². The van der Waals surface area contributed by atoms with E-state index >= 15 is 0 Å². The number of esters is 1. The van der Waals surface area contributed by atoms with E-state index in [9.17, 15) is 14.4 Å². The van der Waals surface area contributed by atoms with E-state index in [-0.39, 0.29) is 13.2 Å². The second-order valence-corrected chi connectivity index (χ2v) is 5.62. The molecule has 0 rings (SSSR count). The van der Waals surface area contributed by atoms with Gasteiger partial charge in [0.15, 0.2) is 0 Å². The average Bonchev–Trinajstić information content (AvgIpc) is 2.42. The van der Waals surface area contributed by atoms with Crippen LogP contribution in [0, 0.1) is 0 Å². The summed E-state index contributed by atoms with van der Waals surface area (Å²) in [5, 5.41) is 3.51. The predicted octanol–water partition coefficient (Wildman–Crippen LogP) is 1.82. The summed E-state index contributed by atoms with van der Waals surface area (Å²) in [5.41, 5.74) is 0.752. The molecule has 0 aromatic heterocycles. The molecule has 0 atom stereocenters. The minimum Gasteiger partial charge on any atom is -0.461 e. The van der Waals surface area contributed by atoms with Crippen molar-refractivity contribution >= 4 is 23.6 Å². The Hall–Kier alpha value is -1.96. The molecule has 8 heteroatoms. The quantitative estimate of drug-likeness (QED) is 0.227. The van der Waals surface area contributed by atoms with Crippen molar-refractivity contribution in [3.05, 3.63) is 0 Å². The molecule has 0 saturated carbocycles. The number of carbonyl (C=O) groups excluding carboxylic acids is 3. The van der Waals surface area contributed by atoms with Gasteiger partial charge in [-0.2, -0.15) is 5.10 Å². The highest BCUT2D eigenvalue weighted by Crippen LogP contribution is 2.06. The number of hydrogen-bond donors (Lipinski definition) is 1. The van der Waals surface area contributed by atoms with E-state index in [1.165, 1.54) is 0 Å². The van der Waals surface area contributed by atoms with Crippen LogP contribution in [0.4, 0.5) is 4.79 Å². The molecule has 1 amide bonds. The van der Waals surface area contributed by atoms with Gasteiger partial charge in [-0.05, 0) is 34.1 Å². The van der Waals surface area contributed by atoms with E-state index in [1.807, 2.05) is 12.3 Å². The van der Waals surface area contributed by atoms with Crippen LogP contribution in [0.3, 0.4) is 0 Å². The number of Topliss-reactive ketones (excluding diaryl/α,β-unsaturated/α-hetero) is 1. The van der Waals surface area contributed by atoms with Crippen molar-refractivity contribution in [2.75, 3.05) is 19.8 Å². The molecular formula is C15H26N2O6. The Morgan fingerprint density at radius 1 is 1.13 bits per heavy atom. The van der Waals surface area contributed by atoms with Gasteiger partial charge in [0.05, 0.1) is 6.61 Å². The maximum atomic E-state index is 12.0. The number of ether oxygens (including phenoxy) is 3. The SMILES string of the molecule is CCCCOCC(=O)/C(=N/NC(=O)OC(C)(C)C)C(=O)OCC. The van der Waals surface area contributed by atoms with Crippen molar-refractivity contribution < 1.29 is 28.6 Å². The number of hydrogen-bond acceptors (Lipinski definition) is 7. The molecule has 0 saturated heterocycles. The second-order valence-electron chi connectivity index (χ2n) is 5.62. The molecular weight excluding hydrogens is 304 g/mol. The summed E-state index contributed by atoms with van der Waals surface area (Å²) in [7, 11) is 0. The summed E-state index contributed by atoms with van der Waals surface area (Å²) in [4.78, 5) is 35.3. The van der Waals surface area contributed by atoms with Gasteiger partial charge in [-0.15, -0.1) is 0 Å². The van der Waals surface area contributed by atoms with Crippen LogP contribution in [-0.2, 0) is 23.8 Å². The van der Waals surface area contributed by atoms with Gasteiger partial charge in [0.25, 0.3) is 0 Å². The minimum atomic E-state index is -0.923. The first-order valence-corrected chi connectivity index (χ1v) is 7.56. The van der Waals surface area contributed by atoms with Crippen LogP contribution in [0.2, 0.25) is 0 Å². The Labute approximate surface area is 136 Å². The molecule has 0 radical (unpaired) electrons. The largest absolute Gasteiger partial charge is 0.461 e. The molecule has 23 heavy (non-hydrogen) atoms. The Kier molecular flexibility index (Phi) is 9.80. The Balaban J connectivity index is 4.79. The van der Waals surface area contributed by atoms with Gasteiger partial charge in [0.2, 0.25) is 11.5 Å². The van der Waals surface area contributed by atoms with Crippen LogP contribution in [-0.4, -0.2) is 49.0 Å². The lowest BCUT2D eigenvalue weighted by Crippen LogP contribution is -2.35. The third kappa shape index (κ3) is 10.4. The van der Waals surface area contributed by atoms with Gasteiger partial charge in [0.1, 0.15) is 12.2 Å². The number of nitrogens with one attached hydrogen (secondary N) is 1. The van der Waals surface area contributed by atoms with Crippen LogP contribution in [0.15, 0.2) is 5.10 Å². The maximum absolute atomic E-state index is 12.0. The van der Waals surface area contributed by atoms with Crippen LogP contribution in [0.5, 0.6) is 0 Å². The lowest BCUT2D eigenvalue weighted by atomic mass is 10.2. The molecule has 0 aromatic carbocycles. The summed E-state index contributed by atoms with van der Waals surface area (Å²) in [5.74, 6) is -1.59. The molecule has 132 valence electrons. The van der Waals surface area contributed by atoms with E-state index in [4.69, 9.17) is 14.2 Å². The first-order chi connectivity index (χ1) is 10.7. The Bertz CT molecular complexity index is 440. The Morgan fingerprint density at radius 2 is 1.78 bits per heavy atom. The van der Waals surface area contributed by atoms with Gasteiger partial charge in [-0.1, -0.05) is 13.3 Å². The van der Waals surface area contributed by atoms with Crippen molar-refractivity contribution in [3.8, 4) is 0 Å². The highest BCUT2D eigenvalue weighted by atomic mass is 16.6. The zero-order valence-corrected chi connectivity index (χ0v) is 14.4. The van der Waals surface area contributed by atoms with Gasteiger partial charge in [0, 0.05) is 6.61 Å². The number of nitrogens with zero attached hydrogens (tertiary/aromatic N) is 1. The van der Waals surface area contributed by atoms with E-state index in [2.05, 4.69) is 5.10 Å². The second kappa shape index (κ2) is 10.7. The van der Waals surface area contributed by atoms with E-state index in [1.54, 1.807) is 27.7 Å². The monoisotopic (exact) mass is 330 g/mol. The first kappa shape index (κ1) is 21.0. The molecule has 0 heterocycles. The lowest BCUT2D eigenvalue weighted by Gasteiger charge is -2.18. The van der Waals surface area contributed by atoms with Crippen LogP contribution < -0.4 is 5.43 Å². The zero-order chi connectivity index (χ0) is 17.9. The number of rotatable bonds is 9. The molecule has 0 fully saturated rings. The Morgan fingerprint density at radius 3 is 2.30 bits per heavy atom. The average molecular weight is 330 g/mol. The molecule has 1 N–H and O–H groups in total. The summed E-state index contributed by atoms with van der Waals surface area (Å²) >= 11 is 0. The van der Waals surface area contributed by atoms with E-state index in [0.717, 1.165) is 12.8 Å². The van der Waals surface area contributed by atoms with Gasteiger partial charge in [-0.25, -0.2) is 15.0 Å². The molecule has 0 aromatic rings. The van der Waals surface area contributed by atoms with Gasteiger partial charge in [-0.3, -0.25) is 4.79 Å². The first-order valence-electron chi connectivity index (χ1n) is 7.56. The van der Waals surface area contributed by atoms with Crippen LogP contribution >= 0.6 is 0 Å².